The van der Waals surface area contributed by atoms with E-state index in [1.165, 1.54) is 0 Å². The molecular weight excluding hydrogens is 266 g/mol. The van der Waals surface area contributed by atoms with Crippen LogP contribution < -0.4 is 10.2 Å². The highest BCUT2D eigenvalue weighted by atomic mass is 35.6. The van der Waals surface area contributed by atoms with Crippen molar-refractivity contribution in [3.63, 3.8) is 0 Å². The average molecular weight is 279 g/mol. The summed E-state index contributed by atoms with van der Waals surface area (Å²) in [6, 6.07) is 7.70. The first-order valence-electron chi connectivity index (χ1n) is 5.13. The molecule has 2 nitrogen and oxygen atoms in total. The van der Waals surface area contributed by atoms with Gasteiger partial charge in [-0.1, -0.05) is 46.9 Å². The van der Waals surface area contributed by atoms with E-state index in [9.17, 15) is 0 Å². The fourth-order valence-electron chi connectivity index (χ4n) is 1.74. The lowest BCUT2D eigenvalue weighted by atomic mass is 10.2. The van der Waals surface area contributed by atoms with Crippen molar-refractivity contribution in [2.75, 3.05) is 31.1 Å². The minimum atomic E-state index is -1.35. The summed E-state index contributed by atoms with van der Waals surface area (Å²) in [5.74, 6) is 0. The lowest BCUT2D eigenvalue weighted by Crippen LogP contribution is -2.40. The minimum absolute atomic E-state index is 0.706. The van der Waals surface area contributed by atoms with Crippen molar-refractivity contribution in [1.29, 1.82) is 0 Å². The molecule has 1 aliphatic heterocycles. The maximum Gasteiger partial charge on any atom is 0.216 e. The van der Waals surface area contributed by atoms with Gasteiger partial charge in [-0.3, -0.25) is 0 Å². The second-order valence-corrected chi connectivity index (χ2v) is 5.99. The van der Waals surface area contributed by atoms with Gasteiger partial charge in [-0.2, -0.15) is 0 Å². The van der Waals surface area contributed by atoms with Gasteiger partial charge in [0.25, 0.3) is 0 Å². The number of hydrogen-bond donors (Lipinski definition) is 0. The molecular formula is C11H12Cl3N2. The molecule has 0 N–H and O–H groups in total. The summed E-state index contributed by atoms with van der Waals surface area (Å²) in [5, 5.41) is 4.30. The molecule has 0 spiro atoms. The molecule has 0 bridgehead atoms. The molecule has 1 saturated heterocycles. The van der Waals surface area contributed by atoms with E-state index in [-0.39, 0.29) is 0 Å². The largest absolute Gasteiger partial charge is 0.369 e. The number of benzene rings is 1. The van der Waals surface area contributed by atoms with Crippen molar-refractivity contribution in [1.82, 2.24) is 5.32 Å². The van der Waals surface area contributed by atoms with Gasteiger partial charge in [0.2, 0.25) is 3.79 Å². The van der Waals surface area contributed by atoms with Gasteiger partial charge in [-0.25, -0.2) is 5.32 Å². The average Bonchev–Trinajstić information content (AvgIpc) is 2.29. The summed E-state index contributed by atoms with van der Waals surface area (Å²) in [6.45, 7) is 3.61. The van der Waals surface area contributed by atoms with Gasteiger partial charge < -0.3 is 4.90 Å². The predicted molar refractivity (Wildman–Crippen MR) is 69.8 cm³/mol. The molecule has 0 atom stereocenters. The van der Waals surface area contributed by atoms with Crippen LogP contribution in [0.1, 0.15) is 5.56 Å². The highest BCUT2D eigenvalue weighted by molar-refractivity contribution is 6.66. The van der Waals surface area contributed by atoms with Gasteiger partial charge >= 0.3 is 0 Å². The van der Waals surface area contributed by atoms with E-state index < -0.39 is 3.79 Å². The van der Waals surface area contributed by atoms with Gasteiger partial charge in [0.05, 0.1) is 0 Å². The van der Waals surface area contributed by atoms with Crippen LogP contribution in [-0.4, -0.2) is 26.2 Å². The molecule has 0 aliphatic carbocycles. The number of hydrogen-bond acceptors (Lipinski definition) is 1. The van der Waals surface area contributed by atoms with Crippen molar-refractivity contribution >= 4 is 40.5 Å². The van der Waals surface area contributed by atoms with E-state index in [1.807, 2.05) is 24.3 Å². The summed E-state index contributed by atoms with van der Waals surface area (Å²) in [6.07, 6.45) is 0. The van der Waals surface area contributed by atoms with Crippen LogP contribution in [0.4, 0.5) is 5.69 Å². The van der Waals surface area contributed by atoms with Crippen LogP contribution in [0.3, 0.4) is 0 Å². The first kappa shape index (κ1) is 12.3. The number of halogens is 3. The zero-order chi connectivity index (χ0) is 11.6. The Morgan fingerprint density at radius 2 is 1.81 bits per heavy atom. The molecule has 0 saturated carbocycles. The molecule has 0 unspecified atom stereocenters. The third-order valence-electron chi connectivity index (χ3n) is 2.59. The normalized spacial score (nSPS) is 17.6. The third-order valence-corrected chi connectivity index (χ3v) is 3.25. The van der Waals surface area contributed by atoms with Crippen LogP contribution in [-0.2, 0) is 3.79 Å². The topological polar surface area (TPSA) is 17.3 Å². The Labute approximate surface area is 110 Å². The number of rotatable bonds is 1. The Hall–Kier alpha value is -0.150. The first-order chi connectivity index (χ1) is 7.57. The van der Waals surface area contributed by atoms with E-state index in [1.54, 1.807) is 0 Å². The summed E-state index contributed by atoms with van der Waals surface area (Å²) in [4.78, 5) is 2.26. The lowest BCUT2D eigenvalue weighted by molar-refractivity contribution is 0.579. The van der Waals surface area contributed by atoms with Gasteiger partial charge in [0.15, 0.2) is 0 Å². The summed E-state index contributed by atoms with van der Waals surface area (Å²) in [7, 11) is 0. The molecule has 16 heavy (non-hydrogen) atoms. The summed E-state index contributed by atoms with van der Waals surface area (Å²) in [5.41, 5.74) is 1.80. The molecule has 1 aromatic rings. The van der Waals surface area contributed by atoms with Gasteiger partial charge in [0.1, 0.15) is 0 Å². The second kappa shape index (κ2) is 5.01. The SMILES string of the molecule is ClC(Cl)(Cl)c1cccc(N2CC[N]CC2)c1. The van der Waals surface area contributed by atoms with Crippen LogP contribution in [0.2, 0.25) is 0 Å². The molecule has 1 aromatic carbocycles. The molecule has 5 heteroatoms. The minimum Gasteiger partial charge on any atom is -0.369 e. The van der Waals surface area contributed by atoms with Crippen molar-refractivity contribution in [2.45, 2.75) is 3.79 Å². The van der Waals surface area contributed by atoms with Crippen molar-refractivity contribution in [2.24, 2.45) is 0 Å². The molecule has 1 fully saturated rings. The Morgan fingerprint density at radius 3 is 2.44 bits per heavy atom. The van der Waals surface area contributed by atoms with E-state index in [2.05, 4.69) is 10.2 Å². The van der Waals surface area contributed by atoms with Crippen LogP contribution in [0.15, 0.2) is 24.3 Å². The van der Waals surface area contributed by atoms with Crippen molar-refractivity contribution in [3.05, 3.63) is 29.8 Å². The maximum atomic E-state index is 5.86. The Morgan fingerprint density at radius 1 is 1.12 bits per heavy atom. The zero-order valence-corrected chi connectivity index (χ0v) is 10.9. The predicted octanol–water partition coefficient (Wildman–Crippen LogP) is 2.94. The van der Waals surface area contributed by atoms with Crippen LogP contribution in [0.25, 0.3) is 0 Å². The Kier molecular flexibility index (Phi) is 3.85. The quantitative estimate of drug-likeness (QED) is 0.722. The van der Waals surface area contributed by atoms with E-state index in [0.717, 1.165) is 31.9 Å². The number of piperazine rings is 1. The van der Waals surface area contributed by atoms with Gasteiger partial charge in [-0.15, -0.1) is 0 Å². The number of nitrogens with zero attached hydrogens (tertiary/aromatic N) is 2. The van der Waals surface area contributed by atoms with Crippen molar-refractivity contribution in [3.8, 4) is 0 Å². The Balaban J connectivity index is 2.21. The van der Waals surface area contributed by atoms with E-state index in [0.29, 0.717) is 5.56 Å². The maximum absolute atomic E-state index is 5.86. The van der Waals surface area contributed by atoms with Gasteiger partial charge in [-0.05, 0) is 12.1 Å². The second-order valence-electron chi connectivity index (χ2n) is 3.71. The fourth-order valence-corrected chi connectivity index (χ4v) is 2.10. The number of anilines is 1. The molecule has 1 radical (unpaired) electrons. The smallest absolute Gasteiger partial charge is 0.216 e. The summed E-state index contributed by atoms with van der Waals surface area (Å²) >= 11 is 17.6. The fraction of sp³-hybridized carbons (Fsp3) is 0.455. The van der Waals surface area contributed by atoms with E-state index in [4.69, 9.17) is 34.8 Å². The zero-order valence-electron chi connectivity index (χ0n) is 8.67. The molecule has 2 rings (SSSR count). The van der Waals surface area contributed by atoms with Gasteiger partial charge in [0, 0.05) is 37.4 Å². The summed E-state index contributed by atoms with van der Waals surface area (Å²) < 4.78 is -1.35. The highest BCUT2D eigenvalue weighted by Crippen LogP contribution is 2.39. The molecule has 0 amide bonds. The molecule has 87 valence electrons. The third kappa shape index (κ3) is 2.95. The van der Waals surface area contributed by atoms with Crippen LogP contribution >= 0.6 is 34.8 Å². The number of alkyl halides is 3. The highest BCUT2D eigenvalue weighted by Gasteiger charge is 2.23. The van der Waals surface area contributed by atoms with Crippen LogP contribution in [0.5, 0.6) is 0 Å². The molecule has 1 aliphatic rings. The first-order valence-corrected chi connectivity index (χ1v) is 6.26. The molecule has 1 heterocycles. The Bertz CT molecular complexity index is 356. The lowest BCUT2D eigenvalue weighted by Gasteiger charge is -2.29. The van der Waals surface area contributed by atoms with Crippen molar-refractivity contribution < 1.29 is 0 Å². The monoisotopic (exact) mass is 277 g/mol. The molecule has 0 aromatic heterocycles. The van der Waals surface area contributed by atoms with E-state index >= 15 is 0 Å². The standard InChI is InChI=1S/C11H12Cl3N2/c12-11(13,14)9-2-1-3-10(8-9)16-6-4-15-5-7-16/h1-3,8H,4-7H2. The van der Waals surface area contributed by atoms with Crippen LogP contribution in [0, 0.1) is 0 Å².